The zero-order valence-electron chi connectivity index (χ0n) is 18.9. The molecule has 0 saturated heterocycles. The summed E-state index contributed by atoms with van der Waals surface area (Å²) in [6, 6.07) is 24.8. The van der Waals surface area contributed by atoms with Crippen LogP contribution in [0.3, 0.4) is 0 Å². The van der Waals surface area contributed by atoms with Gasteiger partial charge < -0.3 is 19.5 Å². The van der Waals surface area contributed by atoms with Crippen LogP contribution >= 0.6 is 0 Å². The fourth-order valence-corrected chi connectivity index (χ4v) is 3.17. The Morgan fingerprint density at radius 3 is 2.06 bits per heavy atom. The van der Waals surface area contributed by atoms with Gasteiger partial charge in [-0.2, -0.15) is 0 Å². The lowest BCUT2D eigenvalue weighted by molar-refractivity contribution is -0.122. The third-order valence-corrected chi connectivity index (χ3v) is 5.22. The molecule has 168 valence electrons. The summed E-state index contributed by atoms with van der Waals surface area (Å²) >= 11 is 0. The first-order valence-electron chi connectivity index (χ1n) is 11.0. The number of carbonyl (C=O) groups is 1. The summed E-state index contributed by atoms with van der Waals surface area (Å²) < 4.78 is 17.3. The van der Waals surface area contributed by atoms with Crippen molar-refractivity contribution in [1.29, 1.82) is 0 Å². The molecular formula is C27H31NO4. The number of para-hydroxylation sites is 2. The van der Waals surface area contributed by atoms with Crippen molar-refractivity contribution in [2.75, 3.05) is 18.5 Å². The number of hydrogen-bond acceptors (Lipinski definition) is 4. The van der Waals surface area contributed by atoms with Crippen LogP contribution < -0.4 is 19.5 Å². The summed E-state index contributed by atoms with van der Waals surface area (Å²) in [6.07, 6.45) is 0.388. The van der Waals surface area contributed by atoms with Gasteiger partial charge in [-0.25, -0.2) is 0 Å². The number of nitrogens with one attached hydrogen (secondary N) is 1. The van der Waals surface area contributed by atoms with E-state index in [4.69, 9.17) is 14.2 Å². The lowest BCUT2D eigenvalue weighted by Gasteiger charge is -2.19. The smallest absolute Gasteiger partial charge is 0.265 e. The number of amides is 1. The first-order valence-corrected chi connectivity index (χ1v) is 11.0. The molecule has 0 aliphatic rings. The van der Waals surface area contributed by atoms with Gasteiger partial charge in [-0.3, -0.25) is 4.79 Å². The summed E-state index contributed by atoms with van der Waals surface area (Å²) in [5.74, 6) is 2.45. The van der Waals surface area contributed by atoms with Crippen LogP contribution in [-0.2, 0) is 4.79 Å². The number of hydrogen-bond donors (Lipinski definition) is 1. The van der Waals surface area contributed by atoms with Crippen LogP contribution in [0, 0.1) is 0 Å². The van der Waals surface area contributed by atoms with Crippen LogP contribution in [-0.4, -0.2) is 25.2 Å². The molecule has 0 radical (unpaired) electrons. The zero-order valence-corrected chi connectivity index (χ0v) is 18.9. The monoisotopic (exact) mass is 433 g/mol. The zero-order chi connectivity index (χ0) is 22.8. The van der Waals surface area contributed by atoms with Crippen molar-refractivity contribution in [2.45, 2.75) is 39.2 Å². The fraction of sp³-hybridized carbons (Fsp3) is 0.296. The highest BCUT2D eigenvalue weighted by atomic mass is 16.5. The lowest BCUT2D eigenvalue weighted by Crippen LogP contribution is -2.30. The van der Waals surface area contributed by atoms with Gasteiger partial charge in [0.1, 0.15) is 30.5 Å². The predicted octanol–water partition coefficient (Wildman–Crippen LogP) is 6.06. The molecule has 0 heterocycles. The number of anilines is 1. The Labute approximate surface area is 190 Å². The van der Waals surface area contributed by atoms with Crippen molar-refractivity contribution in [3.8, 4) is 17.2 Å². The second kappa shape index (κ2) is 11.8. The van der Waals surface area contributed by atoms with Crippen molar-refractivity contribution >= 4 is 11.6 Å². The summed E-state index contributed by atoms with van der Waals surface area (Å²) in [4.78, 5) is 12.6. The van der Waals surface area contributed by atoms with E-state index in [1.54, 1.807) is 6.92 Å². The Morgan fingerprint density at radius 2 is 1.41 bits per heavy atom. The van der Waals surface area contributed by atoms with Gasteiger partial charge in [0.05, 0.1) is 0 Å². The molecule has 0 fully saturated rings. The fourth-order valence-electron chi connectivity index (χ4n) is 3.17. The van der Waals surface area contributed by atoms with E-state index in [2.05, 4.69) is 25.2 Å². The average Bonchev–Trinajstić information content (AvgIpc) is 2.83. The molecule has 0 aliphatic carbocycles. The van der Waals surface area contributed by atoms with Crippen molar-refractivity contribution in [3.05, 3.63) is 84.4 Å². The Balaban J connectivity index is 1.47. The van der Waals surface area contributed by atoms with Gasteiger partial charge in [0.15, 0.2) is 6.10 Å². The van der Waals surface area contributed by atoms with Gasteiger partial charge in [-0.1, -0.05) is 50.2 Å². The van der Waals surface area contributed by atoms with Crippen LogP contribution in [0.1, 0.15) is 38.7 Å². The number of benzene rings is 3. The average molecular weight is 434 g/mol. The van der Waals surface area contributed by atoms with Crippen LogP contribution in [0.15, 0.2) is 78.9 Å². The molecule has 5 heteroatoms. The minimum Gasteiger partial charge on any atom is -0.490 e. The first-order chi connectivity index (χ1) is 15.6. The summed E-state index contributed by atoms with van der Waals surface area (Å²) in [5.41, 5.74) is 1.81. The summed E-state index contributed by atoms with van der Waals surface area (Å²) in [6.45, 7) is 6.94. The second-order valence-corrected chi connectivity index (χ2v) is 7.63. The third-order valence-electron chi connectivity index (χ3n) is 5.22. The van der Waals surface area contributed by atoms with Gasteiger partial charge in [-0.15, -0.1) is 0 Å². The van der Waals surface area contributed by atoms with Gasteiger partial charge in [-0.05, 0) is 67.3 Å². The topological polar surface area (TPSA) is 56.8 Å². The van der Waals surface area contributed by atoms with Crippen molar-refractivity contribution in [1.82, 2.24) is 0 Å². The van der Waals surface area contributed by atoms with E-state index in [1.807, 2.05) is 72.8 Å². The highest BCUT2D eigenvalue weighted by Crippen LogP contribution is 2.29. The van der Waals surface area contributed by atoms with E-state index in [1.165, 1.54) is 0 Å². The molecule has 3 rings (SSSR count). The van der Waals surface area contributed by atoms with E-state index in [0.29, 0.717) is 30.6 Å². The molecule has 2 unspecified atom stereocenters. The van der Waals surface area contributed by atoms with E-state index in [9.17, 15) is 4.79 Å². The van der Waals surface area contributed by atoms with E-state index in [0.717, 1.165) is 23.5 Å². The maximum atomic E-state index is 12.6. The van der Waals surface area contributed by atoms with Crippen LogP contribution in [0.25, 0.3) is 0 Å². The summed E-state index contributed by atoms with van der Waals surface area (Å²) in [7, 11) is 0. The molecule has 5 nitrogen and oxygen atoms in total. The van der Waals surface area contributed by atoms with Gasteiger partial charge in [0.2, 0.25) is 0 Å². The van der Waals surface area contributed by atoms with Gasteiger partial charge in [0, 0.05) is 5.69 Å². The second-order valence-electron chi connectivity index (χ2n) is 7.63. The highest BCUT2D eigenvalue weighted by Gasteiger charge is 2.18. The molecule has 1 amide bonds. The lowest BCUT2D eigenvalue weighted by atomic mass is 9.98. The predicted molar refractivity (Wildman–Crippen MR) is 128 cm³/mol. The Morgan fingerprint density at radius 1 is 0.812 bits per heavy atom. The van der Waals surface area contributed by atoms with E-state index < -0.39 is 6.10 Å². The van der Waals surface area contributed by atoms with Crippen molar-refractivity contribution in [3.63, 3.8) is 0 Å². The normalized spacial score (nSPS) is 12.5. The Hall–Kier alpha value is -3.47. The number of ether oxygens (including phenoxy) is 3. The standard InChI is InChI=1S/C27H31NO4/c1-4-20(2)25-12-8-9-13-26(25)32-21(3)27(29)28-22-14-16-24(17-15-22)31-19-18-30-23-10-6-5-7-11-23/h5-17,20-21H,4,18-19H2,1-3H3,(H,28,29). The van der Waals surface area contributed by atoms with Gasteiger partial charge in [0.25, 0.3) is 5.91 Å². The molecule has 32 heavy (non-hydrogen) atoms. The molecule has 3 aromatic carbocycles. The van der Waals surface area contributed by atoms with Gasteiger partial charge >= 0.3 is 0 Å². The molecule has 0 spiro atoms. The Kier molecular flexibility index (Phi) is 8.55. The SMILES string of the molecule is CCC(C)c1ccccc1OC(C)C(=O)Nc1ccc(OCCOc2ccccc2)cc1. The summed E-state index contributed by atoms with van der Waals surface area (Å²) in [5, 5.41) is 2.90. The van der Waals surface area contributed by atoms with Crippen LogP contribution in [0.2, 0.25) is 0 Å². The molecule has 1 N–H and O–H groups in total. The van der Waals surface area contributed by atoms with Crippen molar-refractivity contribution in [2.24, 2.45) is 0 Å². The minimum absolute atomic E-state index is 0.200. The quantitative estimate of drug-likeness (QED) is 0.373. The van der Waals surface area contributed by atoms with Crippen LogP contribution in [0.5, 0.6) is 17.2 Å². The molecule has 0 aromatic heterocycles. The maximum absolute atomic E-state index is 12.6. The molecule has 0 bridgehead atoms. The molecule has 2 atom stereocenters. The largest absolute Gasteiger partial charge is 0.490 e. The Bertz CT molecular complexity index is 972. The highest BCUT2D eigenvalue weighted by molar-refractivity contribution is 5.94. The van der Waals surface area contributed by atoms with E-state index in [-0.39, 0.29) is 5.91 Å². The maximum Gasteiger partial charge on any atom is 0.265 e. The van der Waals surface area contributed by atoms with Crippen LogP contribution in [0.4, 0.5) is 5.69 Å². The van der Waals surface area contributed by atoms with E-state index >= 15 is 0 Å². The molecule has 3 aromatic rings. The molecule has 0 aliphatic heterocycles. The first kappa shape index (κ1) is 23.2. The number of rotatable bonds is 11. The third kappa shape index (κ3) is 6.77. The number of carbonyl (C=O) groups excluding carboxylic acids is 1. The minimum atomic E-state index is -0.619. The molecule has 0 saturated carbocycles. The van der Waals surface area contributed by atoms with Crippen molar-refractivity contribution < 1.29 is 19.0 Å². The molecular weight excluding hydrogens is 402 g/mol.